The van der Waals surface area contributed by atoms with Crippen molar-refractivity contribution >= 4 is 5.91 Å². The van der Waals surface area contributed by atoms with Gasteiger partial charge in [0.15, 0.2) is 0 Å². The molecule has 1 atom stereocenters. The molecule has 1 unspecified atom stereocenters. The Morgan fingerprint density at radius 3 is 2.62 bits per heavy atom. The summed E-state index contributed by atoms with van der Waals surface area (Å²) in [5.41, 5.74) is 5.37. The summed E-state index contributed by atoms with van der Waals surface area (Å²) in [6.07, 6.45) is 4.09. The lowest BCUT2D eigenvalue weighted by Gasteiger charge is -2.17. The monoisotopic (exact) mass is 184 g/mol. The molecule has 3 N–H and O–H groups in total. The van der Waals surface area contributed by atoms with Crippen LogP contribution in [0.3, 0.4) is 0 Å². The van der Waals surface area contributed by atoms with Gasteiger partial charge in [-0.15, -0.1) is 0 Å². The van der Waals surface area contributed by atoms with Crippen LogP contribution in [-0.4, -0.2) is 18.5 Å². The Morgan fingerprint density at radius 1 is 1.62 bits per heavy atom. The molecule has 76 valence electrons. The molecule has 0 bridgehead atoms. The summed E-state index contributed by atoms with van der Waals surface area (Å²) < 4.78 is 0. The Bertz CT molecular complexity index is 187. The molecule has 0 aliphatic heterocycles. The van der Waals surface area contributed by atoms with Crippen LogP contribution < -0.4 is 11.1 Å². The lowest BCUT2D eigenvalue weighted by molar-refractivity contribution is -0.126. The van der Waals surface area contributed by atoms with E-state index in [1.165, 1.54) is 0 Å². The summed E-state index contributed by atoms with van der Waals surface area (Å²) in [4.78, 5) is 11.7. The van der Waals surface area contributed by atoms with Gasteiger partial charge in [-0.05, 0) is 26.2 Å². The molecule has 1 aliphatic rings. The molecule has 1 amide bonds. The van der Waals surface area contributed by atoms with E-state index in [0.717, 1.165) is 25.7 Å². The summed E-state index contributed by atoms with van der Waals surface area (Å²) in [6, 6.07) is 0.293. The number of hydrogen-bond donors (Lipinski definition) is 2. The van der Waals surface area contributed by atoms with E-state index in [0.29, 0.717) is 12.6 Å². The number of hydrogen-bond acceptors (Lipinski definition) is 2. The van der Waals surface area contributed by atoms with Crippen LogP contribution in [0, 0.1) is 5.41 Å². The molecule has 1 aliphatic carbocycles. The highest BCUT2D eigenvalue weighted by molar-refractivity contribution is 5.85. The van der Waals surface area contributed by atoms with E-state index in [1.54, 1.807) is 0 Å². The zero-order valence-corrected chi connectivity index (χ0v) is 8.60. The fourth-order valence-corrected chi connectivity index (χ4v) is 1.56. The van der Waals surface area contributed by atoms with Crippen molar-refractivity contribution in [1.82, 2.24) is 5.32 Å². The number of amides is 1. The lowest BCUT2D eigenvalue weighted by atomic mass is 10.1. The SMILES string of the molecule is CCCC(C)NC(=O)C1(CN)CC1. The Hall–Kier alpha value is -0.570. The van der Waals surface area contributed by atoms with Crippen molar-refractivity contribution in [2.75, 3.05) is 6.54 Å². The van der Waals surface area contributed by atoms with Gasteiger partial charge in [0.2, 0.25) is 5.91 Å². The maximum Gasteiger partial charge on any atom is 0.227 e. The minimum absolute atomic E-state index is 0.163. The van der Waals surface area contributed by atoms with Crippen molar-refractivity contribution in [3.63, 3.8) is 0 Å². The minimum Gasteiger partial charge on any atom is -0.353 e. The van der Waals surface area contributed by atoms with Crippen molar-refractivity contribution < 1.29 is 4.79 Å². The smallest absolute Gasteiger partial charge is 0.227 e. The predicted octanol–water partition coefficient (Wildman–Crippen LogP) is 1.03. The first kappa shape index (κ1) is 10.5. The van der Waals surface area contributed by atoms with E-state index >= 15 is 0 Å². The molecule has 1 fully saturated rings. The summed E-state index contributed by atoms with van der Waals surface area (Å²) in [5.74, 6) is 0.163. The van der Waals surface area contributed by atoms with Gasteiger partial charge in [0.05, 0.1) is 5.41 Å². The number of carbonyl (C=O) groups is 1. The summed E-state index contributed by atoms with van der Waals surface area (Å²) in [5, 5.41) is 3.02. The number of nitrogens with two attached hydrogens (primary N) is 1. The van der Waals surface area contributed by atoms with Crippen LogP contribution in [0.2, 0.25) is 0 Å². The van der Waals surface area contributed by atoms with E-state index in [-0.39, 0.29) is 11.3 Å². The van der Waals surface area contributed by atoms with Gasteiger partial charge >= 0.3 is 0 Å². The van der Waals surface area contributed by atoms with Gasteiger partial charge in [0.1, 0.15) is 0 Å². The third-order valence-electron chi connectivity index (χ3n) is 2.83. The Morgan fingerprint density at radius 2 is 2.23 bits per heavy atom. The van der Waals surface area contributed by atoms with Gasteiger partial charge in [0, 0.05) is 12.6 Å². The molecule has 0 heterocycles. The van der Waals surface area contributed by atoms with Crippen LogP contribution in [0.5, 0.6) is 0 Å². The molecule has 0 saturated heterocycles. The van der Waals surface area contributed by atoms with Gasteiger partial charge in [-0.25, -0.2) is 0 Å². The molecule has 0 radical (unpaired) electrons. The van der Waals surface area contributed by atoms with Gasteiger partial charge < -0.3 is 11.1 Å². The molecule has 1 rings (SSSR count). The molecular formula is C10H20N2O. The zero-order chi connectivity index (χ0) is 9.90. The molecule has 0 spiro atoms. The van der Waals surface area contributed by atoms with E-state index < -0.39 is 0 Å². The first-order chi connectivity index (χ1) is 6.14. The van der Waals surface area contributed by atoms with Gasteiger partial charge in [-0.1, -0.05) is 13.3 Å². The third kappa shape index (κ3) is 2.44. The highest BCUT2D eigenvalue weighted by Gasteiger charge is 2.48. The summed E-state index contributed by atoms with van der Waals surface area (Å²) in [6.45, 7) is 4.67. The molecule has 0 aromatic heterocycles. The second kappa shape index (κ2) is 4.09. The molecule has 1 saturated carbocycles. The fourth-order valence-electron chi connectivity index (χ4n) is 1.56. The Balaban J connectivity index is 2.32. The zero-order valence-electron chi connectivity index (χ0n) is 8.60. The Kier molecular flexibility index (Phi) is 3.31. The van der Waals surface area contributed by atoms with Crippen LogP contribution in [0.4, 0.5) is 0 Å². The van der Waals surface area contributed by atoms with Crippen LogP contribution in [0.1, 0.15) is 39.5 Å². The molecule has 0 aromatic rings. The fraction of sp³-hybridized carbons (Fsp3) is 0.900. The molecule has 3 nitrogen and oxygen atoms in total. The second-order valence-electron chi connectivity index (χ2n) is 4.15. The molecule has 3 heteroatoms. The normalized spacial score (nSPS) is 20.8. The van der Waals surface area contributed by atoms with Crippen LogP contribution in [-0.2, 0) is 4.79 Å². The van der Waals surface area contributed by atoms with E-state index in [1.807, 2.05) is 6.92 Å². The average molecular weight is 184 g/mol. The van der Waals surface area contributed by atoms with Crippen molar-refractivity contribution in [2.45, 2.75) is 45.6 Å². The second-order valence-corrected chi connectivity index (χ2v) is 4.15. The van der Waals surface area contributed by atoms with Gasteiger partial charge in [0.25, 0.3) is 0 Å². The van der Waals surface area contributed by atoms with Crippen LogP contribution in [0.25, 0.3) is 0 Å². The Labute approximate surface area is 80.1 Å². The maximum atomic E-state index is 11.7. The van der Waals surface area contributed by atoms with Crippen LogP contribution >= 0.6 is 0 Å². The van der Waals surface area contributed by atoms with Gasteiger partial charge in [-0.3, -0.25) is 4.79 Å². The van der Waals surface area contributed by atoms with E-state index in [4.69, 9.17) is 5.73 Å². The maximum absolute atomic E-state index is 11.7. The lowest BCUT2D eigenvalue weighted by Crippen LogP contribution is -2.41. The molecule has 0 aromatic carbocycles. The van der Waals surface area contributed by atoms with Crippen molar-refractivity contribution in [3.05, 3.63) is 0 Å². The number of rotatable bonds is 5. The van der Waals surface area contributed by atoms with Crippen molar-refractivity contribution in [2.24, 2.45) is 11.1 Å². The third-order valence-corrected chi connectivity index (χ3v) is 2.83. The molecular weight excluding hydrogens is 164 g/mol. The molecule has 13 heavy (non-hydrogen) atoms. The number of carbonyl (C=O) groups excluding carboxylic acids is 1. The van der Waals surface area contributed by atoms with Gasteiger partial charge in [-0.2, -0.15) is 0 Å². The highest BCUT2D eigenvalue weighted by atomic mass is 16.2. The standard InChI is InChI=1S/C10H20N2O/c1-3-4-8(2)12-9(13)10(7-11)5-6-10/h8H,3-7,11H2,1-2H3,(H,12,13). The topological polar surface area (TPSA) is 55.1 Å². The average Bonchev–Trinajstić information content (AvgIpc) is 2.84. The highest BCUT2D eigenvalue weighted by Crippen LogP contribution is 2.44. The van der Waals surface area contributed by atoms with Crippen LogP contribution in [0.15, 0.2) is 0 Å². The van der Waals surface area contributed by atoms with Crippen molar-refractivity contribution in [1.29, 1.82) is 0 Å². The summed E-state index contributed by atoms with van der Waals surface area (Å²) in [7, 11) is 0. The quantitative estimate of drug-likeness (QED) is 0.670. The number of nitrogens with one attached hydrogen (secondary N) is 1. The predicted molar refractivity (Wildman–Crippen MR) is 53.2 cm³/mol. The van der Waals surface area contributed by atoms with E-state index in [2.05, 4.69) is 12.2 Å². The minimum atomic E-state index is -0.192. The first-order valence-electron chi connectivity index (χ1n) is 5.15. The van der Waals surface area contributed by atoms with Crippen molar-refractivity contribution in [3.8, 4) is 0 Å². The summed E-state index contributed by atoms with van der Waals surface area (Å²) >= 11 is 0. The largest absolute Gasteiger partial charge is 0.353 e. The van der Waals surface area contributed by atoms with E-state index in [9.17, 15) is 4.79 Å². The first-order valence-corrected chi connectivity index (χ1v) is 5.15.